The number of hydrogen-bond donors (Lipinski definition) is 3. The molecule has 0 saturated heterocycles. The van der Waals surface area contributed by atoms with Crippen molar-refractivity contribution in [3.05, 3.63) is 29.8 Å². The predicted molar refractivity (Wildman–Crippen MR) is 71.2 cm³/mol. The van der Waals surface area contributed by atoms with Gasteiger partial charge < -0.3 is 10.8 Å². The molecule has 1 rings (SSSR count). The van der Waals surface area contributed by atoms with Gasteiger partial charge in [-0.3, -0.25) is 4.79 Å². The molecule has 19 heavy (non-hydrogen) atoms. The van der Waals surface area contributed by atoms with Crippen LogP contribution in [0.3, 0.4) is 0 Å². The highest BCUT2D eigenvalue weighted by Gasteiger charge is 2.24. The van der Waals surface area contributed by atoms with E-state index in [0.717, 1.165) is 5.56 Å². The van der Waals surface area contributed by atoms with Gasteiger partial charge in [-0.2, -0.15) is 4.72 Å². The Hall–Kier alpha value is -1.44. The zero-order valence-corrected chi connectivity index (χ0v) is 11.5. The van der Waals surface area contributed by atoms with E-state index in [2.05, 4.69) is 4.72 Å². The molecule has 0 heterocycles. The third-order valence-corrected chi connectivity index (χ3v) is 4.11. The Kier molecular flexibility index (Phi) is 5.46. The van der Waals surface area contributed by atoms with Gasteiger partial charge in [-0.05, 0) is 38.4 Å². The number of nitrogens with one attached hydrogen (secondary N) is 1. The van der Waals surface area contributed by atoms with Gasteiger partial charge in [-0.25, -0.2) is 8.42 Å². The van der Waals surface area contributed by atoms with Crippen molar-refractivity contribution in [2.45, 2.75) is 30.7 Å². The molecule has 1 aromatic carbocycles. The summed E-state index contributed by atoms with van der Waals surface area (Å²) in [4.78, 5) is 11.1. The molecule has 106 valence electrons. The van der Waals surface area contributed by atoms with Crippen LogP contribution in [0, 0.1) is 6.92 Å². The van der Waals surface area contributed by atoms with Gasteiger partial charge in [0.15, 0.2) is 0 Å². The summed E-state index contributed by atoms with van der Waals surface area (Å²) in [6, 6.07) is 5.04. The summed E-state index contributed by atoms with van der Waals surface area (Å²) in [6.45, 7) is 2.15. The van der Waals surface area contributed by atoms with Gasteiger partial charge in [0.2, 0.25) is 10.0 Å². The maximum atomic E-state index is 12.0. The summed E-state index contributed by atoms with van der Waals surface area (Å²) >= 11 is 0. The van der Waals surface area contributed by atoms with E-state index in [4.69, 9.17) is 10.8 Å². The molecule has 0 radical (unpaired) electrons. The third kappa shape index (κ3) is 4.62. The van der Waals surface area contributed by atoms with Gasteiger partial charge in [-0.15, -0.1) is 0 Å². The highest BCUT2D eigenvalue weighted by molar-refractivity contribution is 7.89. The van der Waals surface area contributed by atoms with Gasteiger partial charge >= 0.3 is 5.97 Å². The molecule has 4 N–H and O–H groups in total. The molecule has 0 saturated carbocycles. The topological polar surface area (TPSA) is 109 Å². The first kappa shape index (κ1) is 15.6. The van der Waals surface area contributed by atoms with E-state index in [1.54, 1.807) is 12.1 Å². The highest BCUT2D eigenvalue weighted by atomic mass is 32.2. The maximum Gasteiger partial charge on any atom is 0.321 e. The first-order valence-corrected chi connectivity index (χ1v) is 7.37. The van der Waals surface area contributed by atoms with Crippen LogP contribution in [0.25, 0.3) is 0 Å². The fraction of sp³-hybridized carbons (Fsp3) is 0.417. The molecule has 0 fully saturated rings. The van der Waals surface area contributed by atoms with E-state index < -0.39 is 22.0 Å². The van der Waals surface area contributed by atoms with Gasteiger partial charge in [0.1, 0.15) is 6.04 Å². The molecule has 0 bridgehead atoms. The van der Waals surface area contributed by atoms with Crippen LogP contribution in [0.2, 0.25) is 0 Å². The van der Waals surface area contributed by atoms with Crippen LogP contribution >= 0.6 is 0 Å². The molecule has 6 nitrogen and oxygen atoms in total. The number of carboxylic acid groups (broad SMARTS) is 1. The molecular weight excluding hydrogens is 268 g/mol. The molecule has 0 amide bonds. The van der Waals surface area contributed by atoms with E-state index >= 15 is 0 Å². The summed E-state index contributed by atoms with van der Waals surface area (Å²) in [6.07, 6.45) is 0.601. The number of carboxylic acids is 1. The average molecular weight is 286 g/mol. The lowest BCUT2D eigenvalue weighted by Gasteiger charge is -2.14. The zero-order chi connectivity index (χ0) is 14.5. The zero-order valence-electron chi connectivity index (χ0n) is 10.7. The monoisotopic (exact) mass is 286 g/mol. The van der Waals surface area contributed by atoms with Crippen molar-refractivity contribution in [1.82, 2.24) is 4.72 Å². The van der Waals surface area contributed by atoms with Crippen LogP contribution in [0.15, 0.2) is 29.2 Å². The summed E-state index contributed by atoms with van der Waals surface area (Å²) < 4.78 is 26.2. The Labute approximate surface area is 112 Å². The van der Waals surface area contributed by atoms with Crippen LogP contribution in [0.4, 0.5) is 0 Å². The quantitative estimate of drug-likeness (QED) is 0.675. The second-order valence-corrected chi connectivity index (χ2v) is 5.97. The largest absolute Gasteiger partial charge is 0.480 e. The van der Waals surface area contributed by atoms with Crippen LogP contribution in [0.1, 0.15) is 18.4 Å². The molecule has 0 unspecified atom stereocenters. The van der Waals surface area contributed by atoms with Crippen molar-refractivity contribution >= 4 is 16.0 Å². The molecule has 1 atom stereocenters. The highest BCUT2D eigenvalue weighted by Crippen LogP contribution is 2.11. The van der Waals surface area contributed by atoms with Crippen LogP contribution in [-0.2, 0) is 14.8 Å². The van der Waals surface area contributed by atoms with Crippen LogP contribution in [0.5, 0.6) is 0 Å². The molecule has 0 aliphatic carbocycles. The van der Waals surface area contributed by atoms with Crippen molar-refractivity contribution in [3.8, 4) is 0 Å². The minimum atomic E-state index is -3.82. The lowest BCUT2D eigenvalue weighted by molar-refractivity contribution is -0.139. The van der Waals surface area contributed by atoms with Crippen molar-refractivity contribution in [3.63, 3.8) is 0 Å². The lowest BCUT2D eigenvalue weighted by atomic mass is 10.2. The molecule has 0 aromatic heterocycles. The summed E-state index contributed by atoms with van der Waals surface area (Å²) in [5, 5.41) is 8.99. The fourth-order valence-electron chi connectivity index (χ4n) is 1.53. The van der Waals surface area contributed by atoms with Crippen molar-refractivity contribution in [2.75, 3.05) is 6.54 Å². The number of sulfonamides is 1. The molecule has 0 spiro atoms. The van der Waals surface area contributed by atoms with Gasteiger partial charge in [0, 0.05) is 0 Å². The normalized spacial score (nSPS) is 13.2. The second-order valence-electron chi connectivity index (χ2n) is 4.26. The first-order valence-electron chi connectivity index (χ1n) is 5.88. The molecular formula is C12H18N2O4S. The molecule has 0 aliphatic rings. The molecule has 7 heteroatoms. The number of aryl methyl sites for hydroxylation is 1. The lowest BCUT2D eigenvalue weighted by Crippen LogP contribution is -2.40. The van der Waals surface area contributed by atoms with Crippen molar-refractivity contribution in [1.29, 1.82) is 0 Å². The van der Waals surface area contributed by atoms with Gasteiger partial charge in [0.05, 0.1) is 4.90 Å². The number of nitrogens with two attached hydrogens (primary N) is 1. The Morgan fingerprint density at radius 2 is 1.95 bits per heavy atom. The van der Waals surface area contributed by atoms with E-state index in [1.165, 1.54) is 12.1 Å². The minimum Gasteiger partial charge on any atom is -0.480 e. The Bertz CT molecular complexity index is 525. The van der Waals surface area contributed by atoms with Crippen molar-refractivity contribution < 1.29 is 18.3 Å². The smallest absolute Gasteiger partial charge is 0.321 e. The van der Waals surface area contributed by atoms with Gasteiger partial charge in [-0.1, -0.05) is 17.7 Å². The maximum absolute atomic E-state index is 12.0. The second kappa shape index (κ2) is 6.65. The van der Waals surface area contributed by atoms with Crippen LogP contribution in [-0.4, -0.2) is 32.1 Å². The van der Waals surface area contributed by atoms with E-state index in [0.29, 0.717) is 13.0 Å². The number of benzene rings is 1. The van der Waals surface area contributed by atoms with Crippen LogP contribution < -0.4 is 10.5 Å². The standard InChI is InChI=1S/C12H18N2O4S/c1-9-4-6-10(7-5-9)19(17,18)14-11(12(15)16)3-2-8-13/h4-7,11,14H,2-3,8,13H2,1H3,(H,15,16)/t11-/m1/s1. The third-order valence-electron chi connectivity index (χ3n) is 2.62. The number of carbonyl (C=O) groups is 1. The van der Waals surface area contributed by atoms with E-state index in [-0.39, 0.29) is 11.3 Å². The van der Waals surface area contributed by atoms with Gasteiger partial charge in [0.25, 0.3) is 0 Å². The molecule has 1 aromatic rings. The minimum absolute atomic E-state index is 0.0529. The van der Waals surface area contributed by atoms with Crippen molar-refractivity contribution in [2.24, 2.45) is 5.73 Å². The van der Waals surface area contributed by atoms with E-state index in [9.17, 15) is 13.2 Å². The SMILES string of the molecule is Cc1ccc(S(=O)(=O)N[C@H](CCCN)C(=O)O)cc1. The Morgan fingerprint density at radius 1 is 1.37 bits per heavy atom. The summed E-state index contributed by atoms with van der Waals surface area (Å²) in [5.41, 5.74) is 6.23. The number of rotatable bonds is 7. The Morgan fingerprint density at radius 3 is 2.42 bits per heavy atom. The summed E-state index contributed by atoms with van der Waals surface area (Å²) in [5.74, 6) is -1.20. The number of hydrogen-bond acceptors (Lipinski definition) is 4. The number of aliphatic carboxylic acids is 1. The van der Waals surface area contributed by atoms with E-state index in [1.807, 2.05) is 6.92 Å². The Balaban J connectivity index is 2.87. The average Bonchev–Trinajstić information content (AvgIpc) is 2.34. The first-order chi connectivity index (χ1) is 8.86. The molecule has 0 aliphatic heterocycles. The summed E-state index contributed by atoms with van der Waals surface area (Å²) in [7, 11) is -3.82. The fourth-order valence-corrected chi connectivity index (χ4v) is 2.75. The predicted octanol–water partition coefficient (Wildman–Crippen LogP) is 0.465.